The number of thiophene rings is 1. The number of halogens is 1. The molecule has 0 saturated carbocycles. The van der Waals surface area contributed by atoms with Crippen LogP contribution >= 0.6 is 35.2 Å². The highest BCUT2D eigenvalue weighted by Crippen LogP contribution is 2.44. The average Bonchev–Trinajstić information content (AvgIpc) is 2.92. The molecule has 3 aromatic rings. The van der Waals surface area contributed by atoms with Crippen molar-refractivity contribution in [3.05, 3.63) is 68.0 Å². The molecule has 8 heteroatoms. The van der Waals surface area contributed by atoms with Gasteiger partial charge in [0.2, 0.25) is 0 Å². The van der Waals surface area contributed by atoms with Crippen molar-refractivity contribution < 1.29 is 4.92 Å². The van der Waals surface area contributed by atoms with Gasteiger partial charge in [-0.15, -0.1) is 11.3 Å². The summed E-state index contributed by atoms with van der Waals surface area (Å²) in [5, 5.41) is 19.6. The van der Waals surface area contributed by atoms with Crippen LogP contribution in [-0.4, -0.2) is 10.0 Å². The minimum absolute atomic E-state index is 0.0597. The van der Waals surface area contributed by atoms with Crippen molar-refractivity contribution in [3.8, 4) is 0 Å². The monoisotopic (exact) mass is 375 g/mol. The van der Waals surface area contributed by atoms with Gasteiger partial charge in [0.15, 0.2) is 5.11 Å². The Balaban J connectivity index is 1.90. The zero-order valence-electron chi connectivity index (χ0n) is 12.1. The Morgan fingerprint density at radius 2 is 2.08 bits per heavy atom. The summed E-state index contributed by atoms with van der Waals surface area (Å²) in [6, 6.07) is 12.1. The summed E-state index contributed by atoms with van der Waals surface area (Å²) in [6.07, 6.45) is 0. The lowest BCUT2D eigenvalue weighted by atomic mass is 10.0. The first kappa shape index (κ1) is 15.3. The third-order valence-corrected chi connectivity index (χ3v) is 5.56. The van der Waals surface area contributed by atoms with E-state index in [-0.39, 0.29) is 11.7 Å². The number of fused-ring (bicyclic) bond motifs is 3. The predicted molar refractivity (Wildman–Crippen MR) is 101 cm³/mol. The zero-order valence-corrected chi connectivity index (χ0v) is 14.5. The Kier molecular flexibility index (Phi) is 3.64. The molecule has 4 rings (SSSR count). The summed E-state index contributed by atoms with van der Waals surface area (Å²) < 4.78 is 1.08. The standard InChI is InChI=1S/C16H10ClN3O2S2/c17-9-4-5-12-11(7-9)14-15(24-12)13(18-16(23)19-14)8-2-1-3-10(6-8)20(21)22/h1-7,13H,(H2,18,19,23). The van der Waals surface area contributed by atoms with Crippen molar-refractivity contribution in [2.75, 3.05) is 5.32 Å². The quantitative estimate of drug-likeness (QED) is 0.380. The normalized spacial score (nSPS) is 16.4. The molecule has 2 aromatic carbocycles. The molecule has 0 saturated heterocycles. The van der Waals surface area contributed by atoms with E-state index in [1.54, 1.807) is 23.5 Å². The van der Waals surface area contributed by atoms with Gasteiger partial charge in [-0.1, -0.05) is 23.7 Å². The fourth-order valence-electron chi connectivity index (χ4n) is 2.82. The first-order chi connectivity index (χ1) is 11.5. The molecule has 1 aliphatic heterocycles. The van der Waals surface area contributed by atoms with E-state index in [2.05, 4.69) is 10.6 Å². The molecule has 2 heterocycles. The number of hydrogen-bond acceptors (Lipinski definition) is 4. The number of hydrogen-bond donors (Lipinski definition) is 2. The third kappa shape index (κ3) is 2.50. The number of non-ortho nitro benzene ring substituents is 1. The van der Waals surface area contributed by atoms with Gasteiger partial charge in [-0.3, -0.25) is 10.1 Å². The maximum atomic E-state index is 11.1. The zero-order chi connectivity index (χ0) is 16.8. The molecule has 1 atom stereocenters. The van der Waals surface area contributed by atoms with Crippen LogP contribution in [0.1, 0.15) is 16.5 Å². The smallest absolute Gasteiger partial charge is 0.269 e. The van der Waals surface area contributed by atoms with Gasteiger partial charge in [0.05, 0.1) is 21.5 Å². The number of nitrogens with one attached hydrogen (secondary N) is 2. The molecule has 0 amide bonds. The summed E-state index contributed by atoms with van der Waals surface area (Å²) in [6.45, 7) is 0. The minimum Gasteiger partial charge on any atom is -0.351 e. The van der Waals surface area contributed by atoms with Gasteiger partial charge in [-0.2, -0.15) is 0 Å². The number of nitro benzene ring substituents is 1. The number of rotatable bonds is 2. The minimum atomic E-state index is -0.394. The molecule has 1 unspecified atom stereocenters. The Bertz CT molecular complexity index is 1000. The van der Waals surface area contributed by atoms with Crippen LogP contribution in [0.15, 0.2) is 42.5 Å². The van der Waals surface area contributed by atoms with Crippen molar-refractivity contribution in [1.29, 1.82) is 0 Å². The predicted octanol–water partition coefficient (Wildman–Crippen LogP) is 4.85. The molecule has 2 N–H and O–H groups in total. The fraction of sp³-hybridized carbons (Fsp3) is 0.0625. The van der Waals surface area contributed by atoms with Crippen LogP contribution < -0.4 is 10.6 Å². The van der Waals surface area contributed by atoms with E-state index in [4.69, 9.17) is 23.8 Å². The highest BCUT2D eigenvalue weighted by Gasteiger charge is 2.28. The lowest BCUT2D eigenvalue weighted by Crippen LogP contribution is -2.37. The fourth-order valence-corrected chi connectivity index (χ4v) is 4.43. The van der Waals surface area contributed by atoms with Crippen LogP contribution in [-0.2, 0) is 0 Å². The topological polar surface area (TPSA) is 67.2 Å². The molecular weight excluding hydrogens is 366 g/mol. The van der Waals surface area contributed by atoms with Gasteiger partial charge in [0.25, 0.3) is 5.69 Å². The lowest BCUT2D eigenvalue weighted by molar-refractivity contribution is -0.384. The Morgan fingerprint density at radius 3 is 2.88 bits per heavy atom. The third-order valence-electron chi connectivity index (χ3n) is 3.87. The number of nitrogens with zero attached hydrogens (tertiary/aromatic N) is 1. The highest BCUT2D eigenvalue weighted by atomic mass is 35.5. The SMILES string of the molecule is O=[N+]([O-])c1cccc(C2NC(=S)Nc3c2sc2ccc(Cl)cc32)c1. The largest absolute Gasteiger partial charge is 0.351 e. The summed E-state index contributed by atoms with van der Waals surface area (Å²) in [7, 11) is 0. The number of thiocarbonyl (C=S) groups is 1. The van der Waals surface area contributed by atoms with Crippen molar-refractivity contribution >= 4 is 61.7 Å². The van der Waals surface area contributed by atoms with E-state index >= 15 is 0 Å². The molecule has 0 aliphatic carbocycles. The summed E-state index contributed by atoms with van der Waals surface area (Å²) in [4.78, 5) is 11.7. The second-order valence-electron chi connectivity index (χ2n) is 5.37. The molecule has 0 fully saturated rings. The molecule has 1 aromatic heterocycles. The van der Waals surface area contributed by atoms with Crippen LogP contribution in [0.4, 0.5) is 11.4 Å². The van der Waals surface area contributed by atoms with E-state index in [9.17, 15) is 10.1 Å². The van der Waals surface area contributed by atoms with Crippen molar-refractivity contribution in [2.24, 2.45) is 0 Å². The second kappa shape index (κ2) is 5.70. The highest BCUT2D eigenvalue weighted by molar-refractivity contribution is 7.80. The molecule has 1 aliphatic rings. The first-order valence-electron chi connectivity index (χ1n) is 7.07. The Morgan fingerprint density at radius 1 is 1.25 bits per heavy atom. The van der Waals surface area contributed by atoms with Crippen molar-refractivity contribution in [3.63, 3.8) is 0 Å². The molecule has 120 valence electrons. The van der Waals surface area contributed by atoms with Crippen LogP contribution in [0.5, 0.6) is 0 Å². The summed E-state index contributed by atoms with van der Waals surface area (Å²) in [5.41, 5.74) is 1.77. The van der Waals surface area contributed by atoms with E-state index in [1.165, 1.54) is 6.07 Å². The van der Waals surface area contributed by atoms with Gasteiger partial charge in [0, 0.05) is 27.2 Å². The van der Waals surface area contributed by atoms with E-state index in [0.717, 1.165) is 26.2 Å². The molecule has 0 bridgehead atoms. The molecular formula is C16H10ClN3O2S2. The maximum absolute atomic E-state index is 11.1. The Labute approximate surface area is 151 Å². The van der Waals surface area contributed by atoms with Crippen LogP contribution in [0.25, 0.3) is 10.1 Å². The molecule has 24 heavy (non-hydrogen) atoms. The van der Waals surface area contributed by atoms with Crippen LogP contribution in [0.2, 0.25) is 5.02 Å². The van der Waals surface area contributed by atoms with Crippen molar-refractivity contribution in [1.82, 2.24) is 5.32 Å². The first-order valence-corrected chi connectivity index (χ1v) is 8.67. The molecule has 0 spiro atoms. The van der Waals surface area contributed by atoms with Gasteiger partial charge in [0.1, 0.15) is 0 Å². The van der Waals surface area contributed by atoms with E-state index in [0.29, 0.717) is 10.1 Å². The summed E-state index contributed by atoms with van der Waals surface area (Å²) in [5.74, 6) is 0. The maximum Gasteiger partial charge on any atom is 0.269 e. The summed E-state index contributed by atoms with van der Waals surface area (Å²) >= 11 is 13.1. The van der Waals surface area contributed by atoms with Gasteiger partial charge in [-0.05, 0) is 36.0 Å². The average molecular weight is 376 g/mol. The molecule has 5 nitrogen and oxygen atoms in total. The number of nitro groups is 1. The van der Waals surface area contributed by atoms with Gasteiger partial charge in [-0.25, -0.2) is 0 Å². The molecule has 0 radical (unpaired) electrons. The van der Waals surface area contributed by atoms with E-state index in [1.807, 2.05) is 24.3 Å². The second-order valence-corrected chi connectivity index (χ2v) is 7.29. The number of anilines is 1. The van der Waals surface area contributed by atoms with Crippen molar-refractivity contribution in [2.45, 2.75) is 6.04 Å². The van der Waals surface area contributed by atoms with Gasteiger partial charge >= 0.3 is 0 Å². The van der Waals surface area contributed by atoms with Crippen LogP contribution in [0, 0.1) is 10.1 Å². The number of benzene rings is 2. The van der Waals surface area contributed by atoms with Gasteiger partial charge < -0.3 is 10.6 Å². The van der Waals surface area contributed by atoms with Crippen LogP contribution in [0.3, 0.4) is 0 Å². The Hall–Kier alpha value is -2.22. The lowest BCUT2D eigenvalue weighted by Gasteiger charge is -2.27. The van der Waals surface area contributed by atoms with E-state index < -0.39 is 4.92 Å².